The molecule has 1 heterocycles. The lowest BCUT2D eigenvalue weighted by molar-refractivity contribution is 0.116. The average Bonchev–Trinajstić information content (AvgIpc) is 3.55. The van der Waals surface area contributed by atoms with Crippen molar-refractivity contribution in [2.24, 2.45) is 0 Å². The molecule has 390 valence electrons. The van der Waals surface area contributed by atoms with Crippen LogP contribution in [0.15, 0.2) is 215 Å². The van der Waals surface area contributed by atoms with E-state index in [1.807, 2.05) is 176 Å². The molecule has 0 N–H and O–H groups in total. The van der Waals surface area contributed by atoms with E-state index in [1.165, 1.54) is 31.2 Å². The van der Waals surface area contributed by atoms with Crippen molar-refractivity contribution in [1.82, 2.24) is 0 Å². The molecule has 0 atom stereocenters. The summed E-state index contributed by atoms with van der Waals surface area (Å²) in [5.41, 5.74) is 6.86. The van der Waals surface area contributed by atoms with Gasteiger partial charge in [0.1, 0.15) is 55.3 Å². The normalized spacial score (nSPS) is 10.9. The van der Waals surface area contributed by atoms with Crippen molar-refractivity contribution >= 4 is 11.0 Å². The summed E-state index contributed by atoms with van der Waals surface area (Å²) in [6.45, 7) is 2.61. The lowest BCUT2D eigenvalue weighted by Crippen LogP contribution is -2.13. The first-order chi connectivity index (χ1) is 38.1. The Morgan fingerprint density at radius 3 is 1.30 bits per heavy atom. The molecule has 8 aromatic carbocycles. The second-order valence-corrected chi connectivity index (χ2v) is 19.0. The fraction of sp³-hybridized carbons (Fsp3) is 0.232. The van der Waals surface area contributed by atoms with E-state index >= 15 is 4.79 Å². The van der Waals surface area contributed by atoms with Crippen LogP contribution in [0, 0.1) is 11.8 Å². The summed E-state index contributed by atoms with van der Waals surface area (Å²) in [6.07, 6.45) is 9.73. The summed E-state index contributed by atoms with van der Waals surface area (Å²) >= 11 is 0. The number of hydrogen-bond acceptors (Lipinski definition) is 8. The predicted molar refractivity (Wildman–Crippen MR) is 306 cm³/mol. The molecule has 0 saturated heterocycles. The SMILES string of the molecule is O=c1c(OCc2ccccc2)c(-c2ccc(OCc3ccccc3)c(OCc3ccccc3)c2)oc2cc(OCc3ccccc3)c(C#CCCCCCCCCCCOCc3ccccc3)c(OCc3ccccc3)c12. The van der Waals surface area contributed by atoms with E-state index in [-0.39, 0.29) is 54.7 Å². The number of hydrogen-bond donors (Lipinski definition) is 0. The van der Waals surface area contributed by atoms with E-state index in [4.69, 9.17) is 32.8 Å². The molecule has 1 aromatic heterocycles. The molecular weight excluding hydrogens is 957 g/mol. The maximum atomic E-state index is 15.6. The molecule has 0 aliphatic heterocycles. The van der Waals surface area contributed by atoms with Gasteiger partial charge in [0.05, 0.1) is 6.61 Å². The Balaban J connectivity index is 1.03. The van der Waals surface area contributed by atoms with Crippen LogP contribution in [0.2, 0.25) is 0 Å². The van der Waals surface area contributed by atoms with E-state index in [1.54, 1.807) is 6.07 Å². The number of fused-ring (bicyclic) bond motifs is 1. The fourth-order valence-corrected chi connectivity index (χ4v) is 8.92. The highest BCUT2D eigenvalue weighted by Gasteiger charge is 2.26. The van der Waals surface area contributed by atoms with Gasteiger partial charge in [-0.25, -0.2) is 0 Å². The van der Waals surface area contributed by atoms with Gasteiger partial charge in [0, 0.05) is 24.7 Å². The zero-order chi connectivity index (χ0) is 52.5. The van der Waals surface area contributed by atoms with Crippen molar-refractivity contribution in [3.8, 4) is 51.9 Å². The van der Waals surface area contributed by atoms with Crippen molar-refractivity contribution < 1.29 is 32.8 Å². The van der Waals surface area contributed by atoms with Gasteiger partial charge in [-0.15, -0.1) is 0 Å². The summed E-state index contributed by atoms with van der Waals surface area (Å²) in [5.74, 6) is 8.84. The number of benzene rings is 8. The molecule has 0 spiro atoms. The Bertz CT molecular complexity index is 3320. The molecule has 0 fully saturated rings. The van der Waals surface area contributed by atoms with Gasteiger partial charge in [-0.05, 0) is 64.4 Å². The highest BCUT2D eigenvalue weighted by Crippen LogP contribution is 2.42. The van der Waals surface area contributed by atoms with E-state index < -0.39 is 5.43 Å². The average molecular weight is 1020 g/mol. The molecule has 8 nitrogen and oxygen atoms in total. The number of ether oxygens (including phenoxy) is 6. The van der Waals surface area contributed by atoms with E-state index in [0.29, 0.717) is 48.0 Å². The molecule has 0 aliphatic carbocycles. The number of rotatable bonds is 28. The molecule has 77 heavy (non-hydrogen) atoms. The maximum absolute atomic E-state index is 15.6. The molecule has 8 heteroatoms. The standard InChI is InChI=1S/C69H66O8/c70-66-65-64(77-67(69(66)76-52-58-39-25-14-26-40-58)59-42-43-61(72-48-54-31-17-10-18-32-54)63(45-59)74-50-56-35-21-12-22-36-56)46-62(73-49-55-33-19-11-20-34-55)60(68(65)75-51-57-37-23-13-24-38-57)41-27-7-5-3-1-2-4-6-8-28-44-71-47-53-29-15-9-16-30-53/h9-26,29-40,42-43,45-46H,1-8,28,44,47-52H2. The molecule has 0 aliphatic rings. The van der Waals surface area contributed by atoms with Crippen LogP contribution >= 0.6 is 0 Å². The number of unbranched alkanes of at least 4 members (excludes halogenated alkanes) is 8. The zero-order valence-corrected chi connectivity index (χ0v) is 43.7. The third-order valence-corrected chi connectivity index (χ3v) is 13.1. The Morgan fingerprint density at radius 2 is 0.792 bits per heavy atom. The lowest BCUT2D eigenvalue weighted by atomic mass is 10.0. The summed E-state index contributed by atoms with van der Waals surface area (Å²) in [7, 11) is 0. The van der Waals surface area contributed by atoms with Crippen LogP contribution in [0.3, 0.4) is 0 Å². The van der Waals surface area contributed by atoms with Crippen molar-refractivity contribution in [2.45, 2.75) is 97.4 Å². The van der Waals surface area contributed by atoms with Gasteiger partial charge in [-0.1, -0.05) is 232 Å². The Kier molecular flexibility index (Phi) is 20.1. The highest BCUT2D eigenvalue weighted by molar-refractivity contribution is 5.92. The summed E-state index contributed by atoms with van der Waals surface area (Å²) in [5, 5.41) is 0.204. The quantitative estimate of drug-likeness (QED) is 0.0354. The van der Waals surface area contributed by atoms with Gasteiger partial charge in [0.15, 0.2) is 23.0 Å². The largest absolute Gasteiger partial charge is 0.487 e. The van der Waals surface area contributed by atoms with E-state index in [9.17, 15) is 0 Å². The lowest BCUT2D eigenvalue weighted by Gasteiger charge is -2.19. The molecule has 0 amide bonds. The fourth-order valence-electron chi connectivity index (χ4n) is 8.92. The second-order valence-electron chi connectivity index (χ2n) is 19.0. The molecule has 0 saturated carbocycles. The molecule has 9 rings (SSSR count). The molecule has 9 aromatic rings. The van der Waals surface area contributed by atoms with Crippen molar-refractivity contribution in [3.63, 3.8) is 0 Å². The Hall–Kier alpha value is -8.51. The minimum atomic E-state index is -0.409. The van der Waals surface area contributed by atoms with Gasteiger partial charge >= 0.3 is 0 Å². The van der Waals surface area contributed by atoms with Crippen molar-refractivity contribution in [1.29, 1.82) is 0 Å². The van der Waals surface area contributed by atoms with Gasteiger partial charge in [-0.3, -0.25) is 4.79 Å². The van der Waals surface area contributed by atoms with Crippen LogP contribution < -0.4 is 29.1 Å². The summed E-state index contributed by atoms with van der Waals surface area (Å²) in [4.78, 5) is 15.6. The highest BCUT2D eigenvalue weighted by atomic mass is 16.5. The van der Waals surface area contributed by atoms with Crippen molar-refractivity contribution in [3.05, 3.63) is 255 Å². The van der Waals surface area contributed by atoms with Crippen LogP contribution in [0.4, 0.5) is 0 Å². The zero-order valence-electron chi connectivity index (χ0n) is 43.7. The smallest absolute Gasteiger partial charge is 0.239 e. The van der Waals surface area contributed by atoms with Gasteiger partial charge < -0.3 is 32.8 Å². The van der Waals surface area contributed by atoms with Gasteiger partial charge in [-0.2, -0.15) is 0 Å². The molecular formula is C69H66O8. The second kappa shape index (κ2) is 29.0. The first-order valence-corrected chi connectivity index (χ1v) is 26.9. The molecule has 0 radical (unpaired) electrons. The minimum absolute atomic E-state index is 0.0196. The Morgan fingerprint density at radius 1 is 0.377 bits per heavy atom. The third-order valence-electron chi connectivity index (χ3n) is 13.1. The van der Waals surface area contributed by atoms with Crippen LogP contribution in [0.5, 0.6) is 28.7 Å². The maximum Gasteiger partial charge on any atom is 0.239 e. The van der Waals surface area contributed by atoms with Crippen LogP contribution in [0.1, 0.15) is 96.7 Å². The van der Waals surface area contributed by atoms with E-state index in [2.05, 4.69) is 36.1 Å². The van der Waals surface area contributed by atoms with Crippen LogP contribution in [-0.4, -0.2) is 6.61 Å². The van der Waals surface area contributed by atoms with Crippen molar-refractivity contribution in [2.75, 3.05) is 6.61 Å². The first-order valence-electron chi connectivity index (χ1n) is 26.9. The first kappa shape index (κ1) is 53.3. The molecule has 0 bridgehead atoms. The predicted octanol–water partition coefficient (Wildman–Crippen LogP) is 16.4. The van der Waals surface area contributed by atoms with Gasteiger partial charge in [0.2, 0.25) is 11.2 Å². The third kappa shape index (κ3) is 16.0. The van der Waals surface area contributed by atoms with Crippen LogP contribution in [0.25, 0.3) is 22.3 Å². The van der Waals surface area contributed by atoms with Crippen LogP contribution in [-0.2, 0) is 44.4 Å². The van der Waals surface area contributed by atoms with Gasteiger partial charge in [0.25, 0.3) is 0 Å². The summed E-state index contributed by atoms with van der Waals surface area (Å²) < 4.78 is 45.9. The molecule has 0 unspecified atom stereocenters. The van der Waals surface area contributed by atoms with E-state index in [0.717, 1.165) is 60.1 Å². The Labute approximate surface area is 453 Å². The topological polar surface area (TPSA) is 85.6 Å². The summed E-state index contributed by atoms with van der Waals surface area (Å²) in [6, 6.07) is 67.2. The minimum Gasteiger partial charge on any atom is -0.487 e. The monoisotopic (exact) mass is 1020 g/mol.